The lowest BCUT2D eigenvalue weighted by molar-refractivity contribution is -0.117. The van der Waals surface area contributed by atoms with Crippen molar-refractivity contribution in [3.05, 3.63) is 66.2 Å². The van der Waals surface area contributed by atoms with Gasteiger partial charge in [0.25, 0.3) is 5.91 Å². The highest BCUT2D eigenvalue weighted by atomic mass is 16.2. The molecule has 2 amide bonds. The monoisotopic (exact) mass is 479 g/mol. The Morgan fingerprint density at radius 3 is 2.42 bits per heavy atom. The Morgan fingerprint density at radius 2 is 1.75 bits per heavy atom. The molecule has 0 unspecified atom stereocenters. The lowest BCUT2D eigenvalue weighted by Gasteiger charge is -2.16. The summed E-state index contributed by atoms with van der Waals surface area (Å²) in [5, 5.41) is 0.981. The predicted molar refractivity (Wildman–Crippen MR) is 141 cm³/mol. The van der Waals surface area contributed by atoms with E-state index in [1.165, 1.54) is 5.69 Å². The molecule has 0 atom stereocenters. The van der Waals surface area contributed by atoms with Gasteiger partial charge in [-0.15, -0.1) is 0 Å². The molecule has 7 heteroatoms. The summed E-state index contributed by atoms with van der Waals surface area (Å²) in [5.74, 6) is 0.625. The second-order valence-corrected chi connectivity index (χ2v) is 10.0. The molecule has 1 saturated heterocycles. The zero-order valence-corrected chi connectivity index (χ0v) is 20.9. The summed E-state index contributed by atoms with van der Waals surface area (Å²) >= 11 is 0. The van der Waals surface area contributed by atoms with E-state index in [1.807, 2.05) is 35.5 Å². The number of hydrogen-bond acceptors (Lipinski definition) is 4. The molecule has 3 aromatic heterocycles. The minimum absolute atomic E-state index is 0.0596. The molecule has 4 heterocycles. The third-order valence-electron chi connectivity index (χ3n) is 7.30. The predicted octanol–water partition coefficient (Wildman–Crippen LogP) is 5.01. The van der Waals surface area contributed by atoms with Crippen molar-refractivity contribution in [1.82, 2.24) is 19.4 Å². The van der Waals surface area contributed by atoms with Crippen LogP contribution in [-0.4, -0.2) is 51.9 Å². The van der Waals surface area contributed by atoms with Crippen LogP contribution in [0.3, 0.4) is 0 Å². The van der Waals surface area contributed by atoms with Gasteiger partial charge in [-0.3, -0.25) is 14.6 Å². The largest absolute Gasteiger partial charge is 0.345 e. The molecule has 0 spiro atoms. The summed E-state index contributed by atoms with van der Waals surface area (Å²) in [5.41, 5.74) is 7.87. The van der Waals surface area contributed by atoms with Crippen molar-refractivity contribution in [3.63, 3.8) is 0 Å². The van der Waals surface area contributed by atoms with Crippen molar-refractivity contribution in [1.29, 1.82) is 0 Å². The molecule has 7 nitrogen and oxygen atoms in total. The van der Waals surface area contributed by atoms with Crippen LogP contribution < -0.4 is 4.90 Å². The first-order valence-corrected chi connectivity index (χ1v) is 12.5. The van der Waals surface area contributed by atoms with E-state index < -0.39 is 0 Å². The minimum Gasteiger partial charge on any atom is -0.345 e. The maximum atomic E-state index is 12.7. The number of carbonyl (C=O) groups is 2. The van der Waals surface area contributed by atoms with Crippen LogP contribution in [0.2, 0.25) is 0 Å². The van der Waals surface area contributed by atoms with Crippen molar-refractivity contribution in [2.75, 3.05) is 25.5 Å². The number of amides is 2. The van der Waals surface area contributed by atoms with Gasteiger partial charge in [-0.2, -0.15) is 0 Å². The van der Waals surface area contributed by atoms with Gasteiger partial charge in [0, 0.05) is 86.2 Å². The molecule has 1 aliphatic carbocycles. The highest BCUT2D eigenvalue weighted by Crippen LogP contribution is 2.48. The number of aromatic nitrogens is 3. The molecular weight excluding hydrogens is 450 g/mol. The first-order chi connectivity index (χ1) is 17.4. The summed E-state index contributed by atoms with van der Waals surface area (Å²) in [4.78, 5) is 37.6. The second-order valence-electron chi connectivity index (χ2n) is 10.0. The number of anilines is 1. The van der Waals surface area contributed by atoms with Gasteiger partial charge in [0.15, 0.2) is 0 Å². The summed E-state index contributed by atoms with van der Waals surface area (Å²) < 4.78 is 2.18. The molecule has 6 rings (SSSR count). The summed E-state index contributed by atoms with van der Waals surface area (Å²) in [6, 6.07) is 12.3. The van der Waals surface area contributed by atoms with Crippen LogP contribution in [-0.2, 0) is 11.8 Å². The van der Waals surface area contributed by atoms with E-state index in [0.29, 0.717) is 17.9 Å². The fraction of sp³-hybridized carbons (Fsp3) is 0.310. The molecule has 2 fully saturated rings. The maximum Gasteiger partial charge on any atom is 0.254 e. The van der Waals surface area contributed by atoms with Crippen molar-refractivity contribution < 1.29 is 9.59 Å². The zero-order valence-electron chi connectivity index (χ0n) is 20.9. The van der Waals surface area contributed by atoms with E-state index in [9.17, 15) is 9.59 Å². The number of aryl methyl sites for hydroxylation is 1. The van der Waals surface area contributed by atoms with Crippen molar-refractivity contribution in [2.45, 2.75) is 31.6 Å². The average molecular weight is 480 g/mol. The maximum absolute atomic E-state index is 12.7. The van der Waals surface area contributed by atoms with E-state index in [0.717, 1.165) is 64.8 Å². The Balaban J connectivity index is 1.44. The van der Waals surface area contributed by atoms with Crippen molar-refractivity contribution in [3.8, 4) is 22.3 Å². The smallest absolute Gasteiger partial charge is 0.254 e. The van der Waals surface area contributed by atoms with Crippen molar-refractivity contribution in [2.24, 2.45) is 7.05 Å². The Bertz CT molecular complexity index is 1500. The Hall–Kier alpha value is -4.00. The quantitative estimate of drug-likeness (QED) is 0.404. The number of nitrogens with zero attached hydrogens (tertiary/aromatic N) is 5. The van der Waals surface area contributed by atoms with Gasteiger partial charge in [-0.25, -0.2) is 4.98 Å². The average Bonchev–Trinajstić information content (AvgIpc) is 3.58. The van der Waals surface area contributed by atoms with Crippen LogP contribution in [0, 0.1) is 0 Å². The van der Waals surface area contributed by atoms with E-state index in [4.69, 9.17) is 4.98 Å². The van der Waals surface area contributed by atoms with Gasteiger partial charge in [-0.1, -0.05) is 12.1 Å². The lowest BCUT2D eigenvalue weighted by Crippen LogP contribution is -2.23. The number of pyridine rings is 2. The molecule has 0 radical (unpaired) electrons. The molecule has 36 heavy (non-hydrogen) atoms. The highest BCUT2D eigenvalue weighted by molar-refractivity contribution is 6.02. The number of fused-ring (bicyclic) bond motifs is 1. The van der Waals surface area contributed by atoms with Gasteiger partial charge >= 0.3 is 0 Å². The van der Waals surface area contributed by atoms with E-state index in [2.05, 4.69) is 34.8 Å². The lowest BCUT2D eigenvalue weighted by atomic mass is 9.98. The van der Waals surface area contributed by atoms with E-state index >= 15 is 0 Å². The van der Waals surface area contributed by atoms with Crippen LogP contribution in [0.5, 0.6) is 0 Å². The Morgan fingerprint density at radius 1 is 1.00 bits per heavy atom. The Kier molecular flexibility index (Phi) is 5.36. The first-order valence-electron chi connectivity index (χ1n) is 12.5. The van der Waals surface area contributed by atoms with E-state index in [1.54, 1.807) is 25.2 Å². The molecule has 1 aromatic carbocycles. The molecule has 1 aliphatic heterocycles. The third kappa shape index (κ3) is 3.75. The molecule has 0 bridgehead atoms. The second kappa shape index (κ2) is 8.59. The molecule has 1 saturated carbocycles. The number of rotatable bonds is 5. The standard InChI is InChI=1S/C29H29N5O2/c1-32(2)29(36)22-14-24-26(27(19-6-7-19)33(3)28(24)31-17-22)21-13-20(15-30-16-21)18-8-10-23(11-9-18)34-12-4-5-25(34)35/h8-11,13-17,19H,4-7,12H2,1-3H3. The summed E-state index contributed by atoms with van der Waals surface area (Å²) in [7, 11) is 5.58. The van der Waals surface area contributed by atoms with Gasteiger partial charge in [0.2, 0.25) is 5.91 Å². The van der Waals surface area contributed by atoms with Crippen LogP contribution in [0.1, 0.15) is 47.7 Å². The normalized spacial score (nSPS) is 15.6. The zero-order chi connectivity index (χ0) is 25.0. The summed E-state index contributed by atoms with van der Waals surface area (Å²) in [6.45, 7) is 0.784. The highest BCUT2D eigenvalue weighted by Gasteiger charge is 2.32. The topological polar surface area (TPSA) is 71.3 Å². The van der Waals surface area contributed by atoms with Crippen LogP contribution in [0.4, 0.5) is 5.69 Å². The molecule has 0 N–H and O–H groups in total. The van der Waals surface area contributed by atoms with Gasteiger partial charge in [-0.05, 0) is 55.0 Å². The van der Waals surface area contributed by atoms with Gasteiger partial charge in [0.1, 0.15) is 5.65 Å². The molecule has 182 valence electrons. The molecule has 4 aromatic rings. The fourth-order valence-electron chi connectivity index (χ4n) is 5.33. The van der Waals surface area contributed by atoms with Gasteiger partial charge < -0.3 is 14.4 Å². The molecule has 2 aliphatic rings. The fourth-order valence-corrected chi connectivity index (χ4v) is 5.33. The van der Waals surface area contributed by atoms with Crippen LogP contribution in [0.15, 0.2) is 55.0 Å². The van der Waals surface area contributed by atoms with Crippen molar-refractivity contribution >= 4 is 28.5 Å². The SMILES string of the molecule is CN(C)C(=O)c1cnc2c(c1)c(-c1cncc(-c3ccc(N4CCCC4=O)cc3)c1)c(C1CC1)n2C. The number of carbonyl (C=O) groups excluding carboxylic acids is 2. The molecular formula is C29H29N5O2. The van der Waals surface area contributed by atoms with Crippen LogP contribution >= 0.6 is 0 Å². The van der Waals surface area contributed by atoms with Crippen LogP contribution in [0.25, 0.3) is 33.3 Å². The van der Waals surface area contributed by atoms with Gasteiger partial charge in [0.05, 0.1) is 5.56 Å². The Labute approximate surface area is 210 Å². The summed E-state index contributed by atoms with van der Waals surface area (Å²) in [6.07, 6.45) is 9.31. The first kappa shape index (κ1) is 22.5. The number of benzene rings is 1. The third-order valence-corrected chi connectivity index (χ3v) is 7.30. The minimum atomic E-state index is -0.0596. The number of hydrogen-bond donors (Lipinski definition) is 0. The van der Waals surface area contributed by atoms with E-state index in [-0.39, 0.29) is 11.8 Å².